The first kappa shape index (κ1) is 18.3. The van der Waals surface area contributed by atoms with Crippen LogP contribution in [-0.2, 0) is 6.54 Å². The smallest absolute Gasteiger partial charge is 0.269 e. The highest BCUT2D eigenvalue weighted by Crippen LogP contribution is 2.21. The van der Waals surface area contributed by atoms with Crippen LogP contribution >= 0.6 is 11.6 Å². The second kappa shape index (κ2) is 7.84. The van der Waals surface area contributed by atoms with E-state index in [-0.39, 0.29) is 23.4 Å². The Hall–Kier alpha value is -3.45. The first-order chi connectivity index (χ1) is 12.9. The Bertz CT molecular complexity index is 1060. The van der Waals surface area contributed by atoms with E-state index < -0.39 is 10.8 Å². The van der Waals surface area contributed by atoms with Crippen LogP contribution in [-0.4, -0.2) is 15.4 Å². The van der Waals surface area contributed by atoms with Gasteiger partial charge < -0.3 is 9.88 Å². The van der Waals surface area contributed by atoms with Gasteiger partial charge in [0.15, 0.2) is 0 Å². The number of halogens is 1. The van der Waals surface area contributed by atoms with Crippen molar-refractivity contribution in [2.75, 3.05) is 5.32 Å². The fourth-order valence-corrected chi connectivity index (χ4v) is 2.65. The van der Waals surface area contributed by atoms with Crippen molar-refractivity contribution in [1.29, 1.82) is 0 Å². The summed E-state index contributed by atoms with van der Waals surface area (Å²) < 4.78 is 1.36. The number of benzene rings is 2. The molecule has 0 saturated carbocycles. The zero-order valence-corrected chi connectivity index (χ0v) is 14.7. The summed E-state index contributed by atoms with van der Waals surface area (Å²) >= 11 is 6.04. The van der Waals surface area contributed by atoms with Gasteiger partial charge in [0.1, 0.15) is 0 Å². The molecule has 3 rings (SSSR count). The normalized spacial score (nSPS) is 10.4. The Labute approximate surface area is 159 Å². The average molecular weight is 384 g/mol. The summed E-state index contributed by atoms with van der Waals surface area (Å²) in [6.45, 7) is 0.185. The molecule has 1 aromatic heterocycles. The van der Waals surface area contributed by atoms with Gasteiger partial charge in [-0.3, -0.25) is 19.7 Å². The summed E-state index contributed by atoms with van der Waals surface area (Å²) in [6.07, 6.45) is 1.44. The van der Waals surface area contributed by atoms with Gasteiger partial charge in [-0.1, -0.05) is 35.9 Å². The number of amides is 1. The lowest BCUT2D eigenvalue weighted by Gasteiger charge is -2.10. The highest BCUT2D eigenvalue weighted by molar-refractivity contribution is 6.33. The summed E-state index contributed by atoms with van der Waals surface area (Å²) in [5.74, 6) is -0.402. The number of non-ortho nitro benzene ring substituents is 1. The van der Waals surface area contributed by atoms with Crippen LogP contribution < -0.4 is 10.9 Å². The van der Waals surface area contributed by atoms with Gasteiger partial charge in [0.2, 0.25) is 0 Å². The number of rotatable bonds is 5. The van der Waals surface area contributed by atoms with Gasteiger partial charge in [0, 0.05) is 24.4 Å². The van der Waals surface area contributed by atoms with Gasteiger partial charge in [-0.25, -0.2) is 0 Å². The molecule has 1 N–H and O–H groups in total. The van der Waals surface area contributed by atoms with E-state index in [2.05, 4.69) is 5.32 Å². The van der Waals surface area contributed by atoms with Crippen molar-refractivity contribution < 1.29 is 9.72 Å². The molecular weight excluding hydrogens is 370 g/mol. The average Bonchev–Trinajstić information content (AvgIpc) is 2.65. The SMILES string of the molecule is O=C(Nc1ccccc1Cl)c1ccc(=O)n(Cc2ccc([N+](=O)[O-])cc2)c1. The standard InChI is InChI=1S/C19H14ClN3O4/c20-16-3-1-2-4-17(16)21-19(25)14-7-10-18(24)22(12-14)11-13-5-8-15(9-6-13)23(26)27/h1-10,12H,11H2,(H,21,25). The van der Waals surface area contributed by atoms with E-state index >= 15 is 0 Å². The molecule has 0 aliphatic heterocycles. The first-order valence-corrected chi connectivity index (χ1v) is 8.31. The summed E-state index contributed by atoms with van der Waals surface area (Å²) in [5.41, 5.74) is 1.14. The molecule has 2 aromatic carbocycles. The highest BCUT2D eigenvalue weighted by Gasteiger charge is 2.11. The molecule has 8 heteroatoms. The second-order valence-electron chi connectivity index (χ2n) is 5.74. The highest BCUT2D eigenvalue weighted by atomic mass is 35.5. The molecule has 0 atom stereocenters. The summed E-state index contributed by atoms with van der Waals surface area (Å²) in [4.78, 5) is 34.8. The van der Waals surface area contributed by atoms with E-state index in [1.165, 1.54) is 35.0 Å². The van der Waals surface area contributed by atoms with E-state index in [1.807, 2.05) is 0 Å². The molecule has 0 saturated heterocycles. The molecule has 0 aliphatic rings. The lowest BCUT2D eigenvalue weighted by Crippen LogP contribution is -2.22. The molecule has 7 nitrogen and oxygen atoms in total. The van der Waals surface area contributed by atoms with E-state index in [0.29, 0.717) is 16.3 Å². The third-order valence-corrected chi connectivity index (χ3v) is 4.20. The van der Waals surface area contributed by atoms with Crippen LogP contribution in [0.2, 0.25) is 5.02 Å². The first-order valence-electron chi connectivity index (χ1n) is 7.94. The lowest BCUT2D eigenvalue weighted by molar-refractivity contribution is -0.384. The van der Waals surface area contributed by atoms with Crippen LogP contribution in [0.25, 0.3) is 0 Å². The van der Waals surface area contributed by atoms with E-state index in [9.17, 15) is 19.7 Å². The monoisotopic (exact) mass is 383 g/mol. The molecule has 0 unspecified atom stereocenters. The summed E-state index contributed by atoms with van der Waals surface area (Å²) in [5, 5.41) is 13.8. The Kier molecular flexibility index (Phi) is 5.33. The van der Waals surface area contributed by atoms with Crippen LogP contribution in [0.1, 0.15) is 15.9 Å². The van der Waals surface area contributed by atoms with Gasteiger partial charge in [-0.2, -0.15) is 0 Å². The van der Waals surface area contributed by atoms with Gasteiger partial charge >= 0.3 is 0 Å². The van der Waals surface area contributed by atoms with E-state index in [1.54, 1.807) is 36.4 Å². The van der Waals surface area contributed by atoms with Crippen molar-refractivity contribution in [3.8, 4) is 0 Å². The molecule has 0 aliphatic carbocycles. The largest absolute Gasteiger partial charge is 0.321 e. The maximum absolute atomic E-state index is 12.4. The minimum Gasteiger partial charge on any atom is -0.321 e. The fourth-order valence-electron chi connectivity index (χ4n) is 2.47. The van der Waals surface area contributed by atoms with Crippen molar-refractivity contribution in [1.82, 2.24) is 4.57 Å². The number of nitrogens with zero attached hydrogens (tertiary/aromatic N) is 2. The Morgan fingerprint density at radius 1 is 1.07 bits per heavy atom. The number of nitro benzene ring substituents is 1. The Balaban J connectivity index is 1.81. The number of aromatic nitrogens is 1. The van der Waals surface area contributed by atoms with Crippen LogP contribution in [0.5, 0.6) is 0 Å². The Morgan fingerprint density at radius 2 is 1.78 bits per heavy atom. The predicted octanol–water partition coefficient (Wildman–Crippen LogP) is 3.71. The molecule has 136 valence electrons. The summed E-state index contributed by atoms with van der Waals surface area (Å²) in [7, 11) is 0. The zero-order valence-electron chi connectivity index (χ0n) is 14.0. The molecule has 3 aromatic rings. The fraction of sp³-hybridized carbons (Fsp3) is 0.0526. The van der Waals surface area contributed by atoms with Crippen LogP contribution in [0.4, 0.5) is 11.4 Å². The molecule has 27 heavy (non-hydrogen) atoms. The third kappa shape index (κ3) is 4.39. The minimum absolute atomic E-state index is 0.0287. The predicted molar refractivity (Wildman–Crippen MR) is 102 cm³/mol. The van der Waals surface area contributed by atoms with Crippen LogP contribution in [0, 0.1) is 10.1 Å². The van der Waals surface area contributed by atoms with Gasteiger partial charge in [0.25, 0.3) is 17.2 Å². The van der Waals surface area contributed by atoms with Gasteiger partial charge in [0.05, 0.1) is 27.7 Å². The van der Waals surface area contributed by atoms with Gasteiger partial charge in [-0.05, 0) is 23.8 Å². The number of para-hydroxylation sites is 1. The number of carbonyl (C=O) groups excluding carboxylic acids is 1. The molecule has 0 fully saturated rings. The van der Waals surface area contributed by atoms with Crippen molar-refractivity contribution in [3.05, 3.63) is 103 Å². The number of pyridine rings is 1. The molecule has 0 bridgehead atoms. The molecular formula is C19H14ClN3O4. The molecule has 0 spiro atoms. The minimum atomic E-state index is -0.490. The van der Waals surface area contributed by atoms with Gasteiger partial charge in [-0.15, -0.1) is 0 Å². The number of nitro groups is 1. The number of nitrogens with one attached hydrogen (secondary N) is 1. The number of hydrogen-bond acceptors (Lipinski definition) is 4. The van der Waals surface area contributed by atoms with E-state index in [0.717, 1.165) is 0 Å². The van der Waals surface area contributed by atoms with Crippen LogP contribution in [0.15, 0.2) is 71.7 Å². The molecule has 1 heterocycles. The maximum Gasteiger partial charge on any atom is 0.269 e. The van der Waals surface area contributed by atoms with Crippen molar-refractivity contribution >= 4 is 28.9 Å². The lowest BCUT2D eigenvalue weighted by atomic mass is 10.2. The quantitative estimate of drug-likeness (QED) is 0.536. The number of carbonyl (C=O) groups is 1. The third-order valence-electron chi connectivity index (χ3n) is 3.87. The van der Waals surface area contributed by atoms with Crippen molar-refractivity contribution in [2.45, 2.75) is 6.54 Å². The molecule has 0 radical (unpaired) electrons. The topological polar surface area (TPSA) is 94.2 Å². The maximum atomic E-state index is 12.4. The van der Waals surface area contributed by atoms with Crippen molar-refractivity contribution in [2.24, 2.45) is 0 Å². The second-order valence-corrected chi connectivity index (χ2v) is 6.15. The number of hydrogen-bond donors (Lipinski definition) is 1. The Morgan fingerprint density at radius 3 is 2.44 bits per heavy atom. The zero-order chi connectivity index (χ0) is 19.4. The molecule has 1 amide bonds. The van der Waals surface area contributed by atoms with Crippen LogP contribution in [0.3, 0.4) is 0 Å². The van der Waals surface area contributed by atoms with Crippen molar-refractivity contribution in [3.63, 3.8) is 0 Å². The number of anilines is 1. The summed E-state index contributed by atoms with van der Waals surface area (Å²) in [6, 6.07) is 15.4. The van der Waals surface area contributed by atoms with E-state index in [4.69, 9.17) is 11.6 Å².